The summed E-state index contributed by atoms with van der Waals surface area (Å²) >= 11 is 0. The number of carbonyl (C=O) groups excluding carboxylic acids is 4. The summed E-state index contributed by atoms with van der Waals surface area (Å²) < 4.78 is 68.5. The first-order valence-electron chi connectivity index (χ1n) is 40.4. The Bertz CT molecular complexity index is 1890. The fourth-order valence-corrected chi connectivity index (χ4v) is 13.5. The third-order valence-electron chi connectivity index (χ3n) is 18.5. The molecule has 19 heteroatoms. The Morgan fingerprint density at radius 1 is 0.299 bits per heavy atom. The van der Waals surface area contributed by atoms with Gasteiger partial charge in [-0.1, -0.05) is 350 Å². The average Bonchev–Trinajstić information content (AvgIpc) is 1.43. The summed E-state index contributed by atoms with van der Waals surface area (Å²) in [5.74, 6) is 0.196. The summed E-state index contributed by atoms with van der Waals surface area (Å²) in [6, 6.07) is 0. The third-order valence-corrected chi connectivity index (χ3v) is 20.4. The van der Waals surface area contributed by atoms with Gasteiger partial charge in [0.25, 0.3) is 0 Å². The Kier molecular flexibility index (Phi) is 67.1. The Labute approximate surface area is 594 Å². The molecule has 0 heterocycles. The van der Waals surface area contributed by atoms with E-state index >= 15 is 0 Å². The van der Waals surface area contributed by atoms with E-state index in [0.717, 1.165) is 108 Å². The van der Waals surface area contributed by atoms with Gasteiger partial charge in [-0.3, -0.25) is 37.3 Å². The van der Waals surface area contributed by atoms with Crippen LogP contribution in [0.1, 0.15) is 402 Å². The minimum Gasteiger partial charge on any atom is -0.462 e. The lowest BCUT2D eigenvalue weighted by atomic mass is 9.99. The molecule has 0 fully saturated rings. The largest absolute Gasteiger partial charge is 0.472 e. The molecule has 0 rings (SSSR count). The maximum Gasteiger partial charge on any atom is 0.472 e. The Morgan fingerprint density at radius 2 is 0.526 bits per heavy atom. The van der Waals surface area contributed by atoms with Gasteiger partial charge in [-0.25, -0.2) is 9.13 Å². The van der Waals surface area contributed by atoms with Gasteiger partial charge in [0.05, 0.1) is 26.4 Å². The zero-order chi connectivity index (χ0) is 71.6. The lowest BCUT2D eigenvalue weighted by Crippen LogP contribution is -2.30. The highest BCUT2D eigenvalue weighted by atomic mass is 31.2. The predicted molar refractivity (Wildman–Crippen MR) is 395 cm³/mol. The monoisotopic (exact) mass is 1420 g/mol. The fraction of sp³-hybridized carbons (Fsp3) is 0.949. The third kappa shape index (κ3) is 70.9. The zero-order valence-corrected chi connectivity index (χ0v) is 65.3. The number of carbonyl (C=O) groups is 4. The highest BCUT2D eigenvalue weighted by Crippen LogP contribution is 2.45. The number of rotatable bonds is 76. The molecule has 17 nitrogen and oxygen atoms in total. The van der Waals surface area contributed by atoms with E-state index in [1.54, 1.807) is 0 Å². The maximum absolute atomic E-state index is 13.1. The van der Waals surface area contributed by atoms with Gasteiger partial charge >= 0.3 is 39.5 Å². The molecule has 0 aromatic carbocycles. The van der Waals surface area contributed by atoms with Gasteiger partial charge in [0.15, 0.2) is 12.2 Å². The predicted octanol–water partition coefficient (Wildman–Crippen LogP) is 23.0. The van der Waals surface area contributed by atoms with Crippen LogP contribution < -0.4 is 0 Å². The SMILES string of the molecule is CCCCCCCCCCCCCCCC(=O)OC[C@H](COP(=O)(O)OC[C@@H](O)COP(=O)(O)OC[C@@H](COC(=O)CCCCCCCCCC(C)C)OC(=O)CCCCCCCCCCCC(C)C)OC(=O)CCCCCCCCCCCCCCCCCCCCC(C)CC. The lowest BCUT2D eigenvalue weighted by Gasteiger charge is -2.21. The molecule has 0 radical (unpaired) electrons. The average molecular weight is 1420 g/mol. The molecule has 0 aromatic rings. The molecule has 0 saturated heterocycles. The summed E-state index contributed by atoms with van der Waals surface area (Å²) in [6.07, 6.45) is 55.6. The first kappa shape index (κ1) is 95.1. The zero-order valence-electron chi connectivity index (χ0n) is 63.5. The number of hydrogen-bond acceptors (Lipinski definition) is 15. The van der Waals surface area contributed by atoms with Crippen molar-refractivity contribution >= 4 is 39.5 Å². The number of esters is 4. The van der Waals surface area contributed by atoms with Gasteiger partial charge in [0, 0.05) is 25.7 Å². The molecular formula is C78H152O17P2. The van der Waals surface area contributed by atoms with Gasteiger partial charge in [0.2, 0.25) is 0 Å². The van der Waals surface area contributed by atoms with E-state index in [1.165, 1.54) is 205 Å². The van der Waals surface area contributed by atoms with E-state index < -0.39 is 97.5 Å². The Morgan fingerprint density at radius 3 is 0.784 bits per heavy atom. The van der Waals surface area contributed by atoms with Gasteiger partial charge in [-0.2, -0.15) is 0 Å². The van der Waals surface area contributed by atoms with Crippen molar-refractivity contribution in [2.75, 3.05) is 39.6 Å². The number of phosphoric ester groups is 2. The van der Waals surface area contributed by atoms with Crippen LogP contribution in [0, 0.1) is 17.8 Å². The minimum atomic E-state index is -4.96. The topological polar surface area (TPSA) is 237 Å². The molecule has 0 amide bonds. The van der Waals surface area contributed by atoms with Crippen LogP contribution in [0.4, 0.5) is 0 Å². The number of phosphoric acid groups is 2. The van der Waals surface area contributed by atoms with E-state index in [-0.39, 0.29) is 25.7 Å². The van der Waals surface area contributed by atoms with Gasteiger partial charge in [-0.15, -0.1) is 0 Å². The van der Waals surface area contributed by atoms with E-state index in [2.05, 4.69) is 48.5 Å². The van der Waals surface area contributed by atoms with Crippen molar-refractivity contribution in [1.82, 2.24) is 0 Å². The van der Waals surface area contributed by atoms with Gasteiger partial charge < -0.3 is 33.8 Å². The van der Waals surface area contributed by atoms with Crippen LogP contribution in [0.25, 0.3) is 0 Å². The highest BCUT2D eigenvalue weighted by Gasteiger charge is 2.30. The molecule has 576 valence electrons. The number of unbranched alkanes of at least 4 members (excludes halogenated alkanes) is 43. The summed E-state index contributed by atoms with van der Waals surface area (Å²) in [4.78, 5) is 72.8. The quantitative estimate of drug-likeness (QED) is 0.0222. The smallest absolute Gasteiger partial charge is 0.462 e. The van der Waals surface area contributed by atoms with Crippen LogP contribution in [0.5, 0.6) is 0 Å². The number of aliphatic hydroxyl groups excluding tert-OH is 1. The van der Waals surface area contributed by atoms with E-state index in [4.69, 9.17) is 37.0 Å². The van der Waals surface area contributed by atoms with Crippen LogP contribution in [-0.2, 0) is 65.4 Å². The van der Waals surface area contributed by atoms with E-state index in [1.807, 2.05) is 0 Å². The summed E-state index contributed by atoms with van der Waals surface area (Å²) in [7, 11) is -9.91. The second-order valence-corrected chi connectivity index (χ2v) is 32.2. The van der Waals surface area contributed by atoms with Gasteiger partial charge in [-0.05, 0) is 43.4 Å². The molecule has 0 saturated carbocycles. The van der Waals surface area contributed by atoms with Crippen LogP contribution >= 0.6 is 15.6 Å². The molecule has 0 aromatic heterocycles. The van der Waals surface area contributed by atoms with Crippen molar-refractivity contribution < 1.29 is 80.2 Å². The van der Waals surface area contributed by atoms with Crippen LogP contribution in [0.2, 0.25) is 0 Å². The van der Waals surface area contributed by atoms with Crippen molar-refractivity contribution in [3.8, 4) is 0 Å². The summed E-state index contributed by atoms with van der Waals surface area (Å²) in [5.41, 5.74) is 0. The normalized spacial score (nSPS) is 14.3. The highest BCUT2D eigenvalue weighted by molar-refractivity contribution is 7.47. The first-order chi connectivity index (χ1) is 46.8. The van der Waals surface area contributed by atoms with Crippen molar-refractivity contribution in [3.05, 3.63) is 0 Å². The second-order valence-electron chi connectivity index (χ2n) is 29.3. The Hall–Kier alpha value is -1.94. The van der Waals surface area contributed by atoms with Crippen molar-refractivity contribution in [2.45, 2.75) is 420 Å². The second kappa shape index (κ2) is 68.5. The van der Waals surface area contributed by atoms with Crippen LogP contribution in [0.3, 0.4) is 0 Å². The van der Waals surface area contributed by atoms with Crippen LogP contribution in [0.15, 0.2) is 0 Å². The number of ether oxygens (including phenoxy) is 4. The molecule has 6 atom stereocenters. The van der Waals surface area contributed by atoms with Gasteiger partial charge in [0.1, 0.15) is 19.3 Å². The molecular weight excluding hydrogens is 1270 g/mol. The van der Waals surface area contributed by atoms with Crippen molar-refractivity contribution in [1.29, 1.82) is 0 Å². The summed E-state index contributed by atoms with van der Waals surface area (Å²) in [6.45, 7) is 11.9. The number of hydrogen-bond donors (Lipinski definition) is 3. The van der Waals surface area contributed by atoms with E-state index in [9.17, 15) is 43.2 Å². The number of aliphatic hydroxyl groups is 1. The lowest BCUT2D eigenvalue weighted by molar-refractivity contribution is -0.161. The summed E-state index contributed by atoms with van der Waals surface area (Å²) in [5, 5.41) is 10.6. The maximum atomic E-state index is 13.1. The first-order valence-corrected chi connectivity index (χ1v) is 43.4. The Balaban J connectivity index is 5.19. The van der Waals surface area contributed by atoms with Crippen molar-refractivity contribution in [3.63, 3.8) is 0 Å². The molecule has 97 heavy (non-hydrogen) atoms. The minimum absolute atomic E-state index is 0.105. The van der Waals surface area contributed by atoms with Crippen molar-refractivity contribution in [2.24, 2.45) is 17.8 Å². The molecule has 3 N–H and O–H groups in total. The fourth-order valence-electron chi connectivity index (χ4n) is 11.9. The van der Waals surface area contributed by atoms with Crippen LogP contribution in [-0.4, -0.2) is 96.7 Å². The molecule has 0 bridgehead atoms. The molecule has 0 aliphatic heterocycles. The molecule has 0 spiro atoms. The molecule has 0 aliphatic rings. The van der Waals surface area contributed by atoms with E-state index in [0.29, 0.717) is 31.6 Å². The molecule has 3 unspecified atom stereocenters. The molecule has 0 aliphatic carbocycles. The standard InChI is InChI=1S/C78H152O17P2/c1-8-10-11-12-13-14-15-22-26-31-38-45-52-59-75(80)88-65-73(94-77(82)61-54-47-39-32-27-24-21-19-17-16-18-20-23-25-30-37-44-51-58-71(7)9-2)67-92-96(84,85)90-63-72(79)64-91-97(86,87)93-68-74(66-89-76(81)60-53-46-41-34-36-43-50-57-70(5)6)95-78(83)62-55-48-40-33-28-29-35-42-49-56-69(3)4/h69-74,79H,8-68H2,1-7H3,(H,84,85)(H,86,87)/t71?,72-,73-,74-/m1/s1.